The molecule has 1 atom stereocenters. The number of rotatable bonds is 7. The first-order chi connectivity index (χ1) is 10.8. The van der Waals surface area contributed by atoms with Crippen LogP contribution in [-0.4, -0.2) is 55.6 Å². The molecule has 3 rings (SSSR count). The Bertz CT molecular complexity index is 555. The van der Waals surface area contributed by atoms with Crippen LogP contribution in [0.2, 0.25) is 0 Å². The van der Waals surface area contributed by atoms with E-state index in [1.165, 1.54) is 6.33 Å². The van der Waals surface area contributed by atoms with Gasteiger partial charge in [0.05, 0.1) is 25.8 Å². The predicted molar refractivity (Wildman–Crippen MR) is 77.9 cm³/mol. The van der Waals surface area contributed by atoms with Crippen LogP contribution in [0.4, 0.5) is 0 Å². The topological polar surface area (TPSA) is 82.1 Å². The van der Waals surface area contributed by atoms with E-state index in [1.807, 2.05) is 0 Å². The highest BCUT2D eigenvalue weighted by molar-refractivity contribution is 4.87. The van der Waals surface area contributed by atoms with Gasteiger partial charge in [0.1, 0.15) is 12.7 Å². The molecule has 0 N–H and O–H groups in total. The maximum absolute atomic E-state index is 5.78. The maximum atomic E-state index is 5.78. The minimum absolute atomic E-state index is 0.113. The first-order valence-electron chi connectivity index (χ1n) is 7.81. The Kier molecular flexibility index (Phi) is 5.12. The molecule has 0 saturated carbocycles. The van der Waals surface area contributed by atoms with Crippen molar-refractivity contribution in [1.29, 1.82) is 0 Å². The van der Waals surface area contributed by atoms with Gasteiger partial charge in [-0.15, -0.1) is 0 Å². The van der Waals surface area contributed by atoms with E-state index >= 15 is 0 Å². The highest BCUT2D eigenvalue weighted by Gasteiger charge is 2.22. The van der Waals surface area contributed by atoms with Crippen LogP contribution in [0.15, 0.2) is 17.2 Å². The molecule has 0 bridgehead atoms. The predicted octanol–water partition coefficient (Wildman–Crippen LogP) is 0.905. The Morgan fingerprint density at radius 2 is 2.36 bits per heavy atom. The summed E-state index contributed by atoms with van der Waals surface area (Å²) in [6, 6.07) is 0. The second-order valence-corrected chi connectivity index (χ2v) is 5.55. The molecule has 0 aliphatic carbocycles. The lowest BCUT2D eigenvalue weighted by atomic mass is 10.2. The summed E-state index contributed by atoms with van der Waals surface area (Å²) in [7, 11) is 0. The van der Waals surface area contributed by atoms with Crippen LogP contribution >= 0.6 is 0 Å². The van der Waals surface area contributed by atoms with Crippen molar-refractivity contribution in [2.45, 2.75) is 45.4 Å². The van der Waals surface area contributed by atoms with Crippen LogP contribution in [-0.2, 0) is 24.2 Å². The van der Waals surface area contributed by atoms with Crippen molar-refractivity contribution < 1.29 is 9.26 Å². The fourth-order valence-corrected chi connectivity index (χ4v) is 2.55. The summed E-state index contributed by atoms with van der Waals surface area (Å²) in [5.41, 5.74) is 0. The van der Waals surface area contributed by atoms with Crippen molar-refractivity contribution in [3.63, 3.8) is 0 Å². The molecule has 1 aliphatic rings. The van der Waals surface area contributed by atoms with Crippen LogP contribution in [0.5, 0.6) is 0 Å². The van der Waals surface area contributed by atoms with Crippen LogP contribution in [0.1, 0.15) is 31.5 Å². The molecule has 1 aliphatic heterocycles. The average molecular weight is 306 g/mol. The first-order valence-corrected chi connectivity index (χ1v) is 7.81. The van der Waals surface area contributed by atoms with Crippen molar-refractivity contribution in [2.24, 2.45) is 0 Å². The third-order valence-corrected chi connectivity index (χ3v) is 3.70. The average Bonchev–Trinajstić information content (AvgIpc) is 3.17. The van der Waals surface area contributed by atoms with E-state index in [-0.39, 0.29) is 6.10 Å². The van der Waals surface area contributed by atoms with Gasteiger partial charge in [-0.25, -0.2) is 4.98 Å². The third kappa shape index (κ3) is 4.11. The molecule has 2 aromatic rings. The fourth-order valence-electron chi connectivity index (χ4n) is 2.55. The van der Waals surface area contributed by atoms with Crippen LogP contribution in [0.25, 0.3) is 0 Å². The molecule has 22 heavy (non-hydrogen) atoms. The molecule has 8 heteroatoms. The standard InChI is InChI=1S/C14H22N6O2/c1-2-3-4-14-17-13(18-22-14)9-19-5-6-21-12(7-19)8-20-11-15-10-16-20/h10-12H,2-9H2,1H3/t12-/m0/s1. The molecule has 8 nitrogen and oxygen atoms in total. The summed E-state index contributed by atoms with van der Waals surface area (Å²) in [5, 5.41) is 8.19. The van der Waals surface area contributed by atoms with Crippen molar-refractivity contribution in [1.82, 2.24) is 29.8 Å². The fraction of sp³-hybridized carbons (Fsp3) is 0.714. The summed E-state index contributed by atoms with van der Waals surface area (Å²) < 4.78 is 12.9. The lowest BCUT2D eigenvalue weighted by Gasteiger charge is -2.31. The van der Waals surface area contributed by atoms with E-state index in [1.54, 1.807) is 11.0 Å². The van der Waals surface area contributed by atoms with Crippen LogP contribution < -0.4 is 0 Å². The molecule has 0 amide bonds. The molecular weight excluding hydrogens is 284 g/mol. The minimum atomic E-state index is 0.113. The molecule has 0 aromatic carbocycles. The van der Waals surface area contributed by atoms with E-state index in [0.717, 1.165) is 44.1 Å². The van der Waals surface area contributed by atoms with Gasteiger partial charge in [0.15, 0.2) is 5.82 Å². The van der Waals surface area contributed by atoms with Gasteiger partial charge >= 0.3 is 0 Å². The van der Waals surface area contributed by atoms with Crippen molar-refractivity contribution in [3.8, 4) is 0 Å². The number of ether oxygens (including phenoxy) is 1. The number of unbranched alkanes of at least 4 members (excludes halogenated alkanes) is 1. The van der Waals surface area contributed by atoms with Gasteiger partial charge in [0.25, 0.3) is 0 Å². The third-order valence-electron chi connectivity index (χ3n) is 3.70. The van der Waals surface area contributed by atoms with Gasteiger partial charge in [-0.2, -0.15) is 10.1 Å². The summed E-state index contributed by atoms with van der Waals surface area (Å²) in [6.07, 6.45) is 6.44. The molecule has 3 heterocycles. The Hall–Kier alpha value is -1.80. The molecule has 0 radical (unpaired) electrons. The largest absolute Gasteiger partial charge is 0.374 e. The van der Waals surface area contributed by atoms with E-state index in [0.29, 0.717) is 19.7 Å². The Labute approximate surface area is 129 Å². The zero-order valence-electron chi connectivity index (χ0n) is 12.9. The van der Waals surface area contributed by atoms with Gasteiger partial charge < -0.3 is 9.26 Å². The van der Waals surface area contributed by atoms with Gasteiger partial charge in [-0.3, -0.25) is 9.58 Å². The summed E-state index contributed by atoms with van der Waals surface area (Å²) >= 11 is 0. The van der Waals surface area contributed by atoms with Crippen LogP contribution in [0.3, 0.4) is 0 Å². The lowest BCUT2D eigenvalue weighted by molar-refractivity contribution is -0.0411. The number of aryl methyl sites for hydroxylation is 1. The van der Waals surface area contributed by atoms with Gasteiger partial charge in [0, 0.05) is 19.5 Å². The maximum Gasteiger partial charge on any atom is 0.226 e. The van der Waals surface area contributed by atoms with E-state index in [4.69, 9.17) is 9.26 Å². The second kappa shape index (κ2) is 7.46. The van der Waals surface area contributed by atoms with Crippen LogP contribution in [0, 0.1) is 0 Å². The van der Waals surface area contributed by atoms with Crippen molar-refractivity contribution in [2.75, 3.05) is 19.7 Å². The lowest BCUT2D eigenvalue weighted by Crippen LogP contribution is -2.43. The number of aromatic nitrogens is 5. The number of morpholine rings is 1. The summed E-state index contributed by atoms with van der Waals surface area (Å²) in [4.78, 5) is 10.7. The van der Waals surface area contributed by atoms with Gasteiger partial charge in [-0.05, 0) is 6.42 Å². The number of hydrogen-bond donors (Lipinski definition) is 0. The van der Waals surface area contributed by atoms with E-state index < -0.39 is 0 Å². The van der Waals surface area contributed by atoms with Crippen molar-refractivity contribution >= 4 is 0 Å². The van der Waals surface area contributed by atoms with Crippen molar-refractivity contribution in [3.05, 3.63) is 24.4 Å². The highest BCUT2D eigenvalue weighted by Crippen LogP contribution is 2.11. The zero-order chi connectivity index (χ0) is 15.2. The second-order valence-electron chi connectivity index (χ2n) is 5.55. The molecule has 1 saturated heterocycles. The molecule has 1 fully saturated rings. The molecule has 0 spiro atoms. The smallest absolute Gasteiger partial charge is 0.226 e. The Morgan fingerprint density at radius 3 is 3.18 bits per heavy atom. The molecule has 120 valence electrons. The quantitative estimate of drug-likeness (QED) is 0.751. The number of nitrogens with zero attached hydrogens (tertiary/aromatic N) is 6. The zero-order valence-corrected chi connectivity index (χ0v) is 12.9. The SMILES string of the molecule is CCCCc1nc(CN2CCO[C@H](Cn3cncn3)C2)no1. The highest BCUT2D eigenvalue weighted by atomic mass is 16.5. The van der Waals surface area contributed by atoms with Gasteiger partial charge in [-0.1, -0.05) is 18.5 Å². The summed E-state index contributed by atoms with van der Waals surface area (Å²) in [6.45, 7) is 5.99. The first kappa shape index (κ1) is 15.1. The monoisotopic (exact) mass is 306 g/mol. The minimum Gasteiger partial charge on any atom is -0.374 e. The normalized spacial score (nSPS) is 19.6. The Balaban J connectivity index is 1.50. The van der Waals surface area contributed by atoms with Gasteiger partial charge in [0.2, 0.25) is 5.89 Å². The molecular formula is C14H22N6O2. The van der Waals surface area contributed by atoms with E-state index in [9.17, 15) is 0 Å². The molecule has 0 unspecified atom stereocenters. The van der Waals surface area contributed by atoms with E-state index in [2.05, 4.69) is 32.0 Å². The number of hydrogen-bond acceptors (Lipinski definition) is 7. The summed E-state index contributed by atoms with van der Waals surface area (Å²) in [5.74, 6) is 1.50. The Morgan fingerprint density at radius 1 is 1.41 bits per heavy atom. The molecule has 2 aromatic heterocycles.